The van der Waals surface area contributed by atoms with Crippen LogP contribution >= 0.6 is 0 Å². The molecule has 0 fully saturated rings. The van der Waals surface area contributed by atoms with E-state index in [1.54, 1.807) is 7.11 Å². The third-order valence-corrected chi connectivity index (χ3v) is 5.31. The van der Waals surface area contributed by atoms with Gasteiger partial charge in [-0.15, -0.1) is 0 Å². The Bertz CT molecular complexity index is 672. The first-order chi connectivity index (χ1) is 11.7. The number of carbonyl (C=O) groups is 1. The van der Waals surface area contributed by atoms with E-state index >= 15 is 0 Å². The van der Waals surface area contributed by atoms with Crippen molar-refractivity contribution in [1.29, 1.82) is 0 Å². The number of rotatable bonds is 10. The van der Waals surface area contributed by atoms with Crippen molar-refractivity contribution in [2.75, 3.05) is 38.4 Å². The molecular formula is C18H30N2O4S. The first kappa shape index (κ1) is 21.6. The zero-order chi connectivity index (χ0) is 19.0. The topological polar surface area (TPSA) is 75.7 Å². The highest BCUT2D eigenvalue weighted by Gasteiger charge is 2.18. The summed E-state index contributed by atoms with van der Waals surface area (Å²) in [6.45, 7) is 7.10. The third kappa shape index (κ3) is 7.13. The van der Waals surface area contributed by atoms with Crippen molar-refractivity contribution in [2.45, 2.75) is 39.5 Å². The lowest BCUT2D eigenvalue weighted by Gasteiger charge is -2.20. The van der Waals surface area contributed by atoms with Crippen molar-refractivity contribution in [3.63, 3.8) is 0 Å². The molecule has 0 saturated carbocycles. The van der Waals surface area contributed by atoms with Gasteiger partial charge in [0.1, 0.15) is 0 Å². The Kier molecular flexibility index (Phi) is 8.55. The van der Waals surface area contributed by atoms with Crippen molar-refractivity contribution >= 4 is 21.6 Å². The summed E-state index contributed by atoms with van der Waals surface area (Å²) >= 11 is 0. The molecule has 0 radical (unpaired) electrons. The second-order valence-corrected chi connectivity index (χ2v) is 8.48. The van der Waals surface area contributed by atoms with Gasteiger partial charge in [-0.3, -0.25) is 4.79 Å². The van der Waals surface area contributed by atoms with Crippen LogP contribution < -0.4 is 5.32 Å². The quantitative estimate of drug-likeness (QED) is 0.643. The molecule has 0 spiro atoms. The van der Waals surface area contributed by atoms with E-state index in [9.17, 15) is 13.2 Å². The fraction of sp³-hybridized carbons (Fsp3) is 0.611. The van der Waals surface area contributed by atoms with Crippen LogP contribution in [0.1, 0.15) is 43.7 Å². The lowest BCUT2D eigenvalue weighted by Crippen LogP contribution is -2.34. The monoisotopic (exact) mass is 370 g/mol. The van der Waals surface area contributed by atoms with Crippen LogP contribution in [0.15, 0.2) is 18.2 Å². The average molecular weight is 371 g/mol. The van der Waals surface area contributed by atoms with Gasteiger partial charge in [0.2, 0.25) is 15.9 Å². The van der Waals surface area contributed by atoms with Gasteiger partial charge in [-0.2, -0.15) is 0 Å². The Labute approximate surface area is 151 Å². The Hall–Kier alpha value is -1.44. The third-order valence-electron chi connectivity index (χ3n) is 4.00. The fourth-order valence-corrected chi connectivity index (χ4v) is 3.48. The maximum atomic E-state index is 12.3. The standard InChI is InChI=1S/C18H30N2O4S/c1-14(2)16-9-6-8-15(3)18(16)19-17(21)10-12-20(25(5,22)23)11-7-13-24-4/h6,8-9,14H,7,10-13H2,1-5H3,(H,19,21). The van der Waals surface area contributed by atoms with E-state index in [2.05, 4.69) is 19.2 Å². The molecule has 1 aromatic carbocycles. The number of benzene rings is 1. The molecule has 142 valence electrons. The number of nitrogens with one attached hydrogen (secondary N) is 1. The van der Waals surface area contributed by atoms with Crippen LogP contribution in [0.25, 0.3) is 0 Å². The van der Waals surface area contributed by atoms with Crippen LogP contribution in [0.5, 0.6) is 0 Å². The minimum atomic E-state index is -3.35. The van der Waals surface area contributed by atoms with Gasteiger partial charge in [-0.25, -0.2) is 12.7 Å². The van der Waals surface area contributed by atoms with Gasteiger partial charge < -0.3 is 10.1 Å². The minimum Gasteiger partial charge on any atom is -0.385 e. The predicted octanol–water partition coefficient (Wildman–Crippen LogP) is 2.75. The molecule has 0 heterocycles. The lowest BCUT2D eigenvalue weighted by molar-refractivity contribution is -0.116. The minimum absolute atomic E-state index is 0.117. The Morgan fingerprint density at radius 2 is 1.96 bits per heavy atom. The molecule has 0 atom stereocenters. The number of anilines is 1. The molecule has 25 heavy (non-hydrogen) atoms. The number of ether oxygens (including phenoxy) is 1. The van der Waals surface area contributed by atoms with Crippen LogP contribution in [0.4, 0.5) is 5.69 Å². The first-order valence-electron chi connectivity index (χ1n) is 8.50. The Morgan fingerprint density at radius 3 is 2.52 bits per heavy atom. The van der Waals surface area contributed by atoms with E-state index in [-0.39, 0.29) is 24.8 Å². The molecule has 0 aliphatic rings. The van der Waals surface area contributed by atoms with Gasteiger partial charge in [0.15, 0.2) is 0 Å². The lowest BCUT2D eigenvalue weighted by atomic mass is 9.98. The van der Waals surface area contributed by atoms with Gasteiger partial charge in [0.05, 0.1) is 6.26 Å². The highest BCUT2D eigenvalue weighted by atomic mass is 32.2. The Balaban J connectivity index is 2.73. The van der Waals surface area contributed by atoms with E-state index in [0.717, 1.165) is 23.1 Å². The van der Waals surface area contributed by atoms with Crippen molar-refractivity contribution in [3.05, 3.63) is 29.3 Å². The van der Waals surface area contributed by atoms with Crippen molar-refractivity contribution in [1.82, 2.24) is 4.31 Å². The summed E-state index contributed by atoms with van der Waals surface area (Å²) in [7, 11) is -1.77. The summed E-state index contributed by atoms with van der Waals surface area (Å²) in [5.74, 6) is 0.105. The molecule has 0 aliphatic heterocycles. The molecule has 0 saturated heterocycles. The van der Waals surface area contributed by atoms with Gasteiger partial charge in [0.25, 0.3) is 0 Å². The molecule has 7 heteroatoms. The van der Waals surface area contributed by atoms with Crippen LogP contribution in [-0.4, -0.2) is 51.7 Å². The molecule has 1 aromatic rings. The van der Waals surface area contributed by atoms with E-state index in [1.807, 2.05) is 25.1 Å². The number of methoxy groups -OCH3 is 1. The Morgan fingerprint density at radius 1 is 1.28 bits per heavy atom. The maximum Gasteiger partial charge on any atom is 0.225 e. The number of para-hydroxylation sites is 1. The van der Waals surface area contributed by atoms with Crippen molar-refractivity contribution in [2.24, 2.45) is 0 Å². The van der Waals surface area contributed by atoms with Crippen LogP contribution in [0, 0.1) is 6.92 Å². The summed E-state index contributed by atoms with van der Waals surface area (Å²) in [5.41, 5.74) is 2.90. The molecule has 6 nitrogen and oxygen atoms in total. The van der Waals surface area contributed by atoms with E-state index in [0.29, 0.717) is 19.6 Å². The largest absolute Gasteiger partial charge is 0.385 e. The van der Waals surface area contributed by atoms with E-state index in [1.165, 1.54) is 4.31 Å². The van der Waals surface area contributed by atoms with Crippen LogP contribution in [-0.2, 0) is 19.6 Å². The van der Waals surface area contributed by atoms with Gasteiger partial charge in [-0.1, -0.05) is 32.0 Å². The molecular weight excluding hydrogens is 340 g/mol. The van der Waals surface area contributed by atoms with Gasteiger partial charge in [-0.05, 0) is 30.4 Å². The maximum absolute atomic E-state index is 12.3. The fourth-order valence-electron chi connectivity index (χ4n) is 2.60. The zero-order valence-corrected chi connectivity index (χ0v) is 16.6. The number of amides is 1. The smallest absolute Gasteiger partial charge is 0.225 e. The van der Waals surface area contributed by atoms with Gasteiger partial charge >= 0.3 is 0 Å². The van der Waals surface area contributed by atoms with Crippen LogP contribution in [0.2, 0.25) is 0 Å². The number of hydrogen-bond acceptors (Lipinski definition) is 4. The zero-order valence-electron chi connectivity index (χ0n) is 15.8. The molecule has 0 aromatic heterocycles. The molecule has 0 aliphatic carbocycles. The highest BCUT2D eigenvalue weighted by molar-refractivity contribution is 7.88. The number of hydrogen-bond donors (Lipinski definition) is 1. The van der Waals surface area contributed by atoms with E-state index < -0.39 is 10.0 Å². The number of aryl methyl sites for hydroxylation is 1. The molecule has 1 rings (SSSR count). The highest BCUT2D eigenvalue weighted by Crippen LogP contribution is 2.27. The molecule has 0 bridgehead atoms. The number of carbonyl (C=O) groups excluding carboxylic acids is 1. The predicted molar refractivity (Wildman–Crippen MR) is 101 cm³/mol. The first-order valence-corrected chi connectivity index (χ1v) is 10.3. The van der Waals surface area contributed by atoms with Crippen molar-refractivity contribution < 1.29 is 17.9 Å². The second-order valence-electron chi connectivity index (χ2n) is 6.50. The molecule has 0 unspecified atom stereocenters. The van der Waals surface area contributed by atoms with E-state index in [4.69, 9.17) is 4.74 Å². The average Bonchev–Trinajstić information content (AvgIpc) is 2.51. The molecule has 1 N–H and O–H groups in total. The summed E-state index contributed by atoms with van der Waals surface area (Å²) in [5, 5.41) is 2.95. The normalized spacial score (nSPS) is 12.0. The summed E-state index contributed by atoms with van der Waals surface area (Å²) in [6, 6.07) is 5.93. The van der Waals surface area contributed by atoms with Gasteiger partial charge in [0, 0.05) is 38.9 Å². The summed E-state index contributed by atoms with van der Waals surface area (Å²) in [4.78, 5) is 12.3. The van der Waals surface area contributed by atoms with Crippen molar-refractivity contribution in [3.8, 4) is 0 Å². The number of sulfonamides is 1. The van der Waals surface area contributed by atoms with Crippen LogP contribution in [0.3, 0.4) is 0 Å². The molecule has 1 amide bonds. The summed E-state index contributed by atoms with van der Waals surface area (Å²) in [6.07, 6.45) is 1.88. The number of nitrogens with zero attached hydrogens (tertiary/aromatic N) is 1. The summed E-state index contributed by atoms with van der Waals surface area (Å²) < 4.78 is 30.0. The second kappa shape index (κ2) is 9.89. The SMILES string of the molecule is COCCCN(CCC(=O)Nc1c(C)cccc1C(C)C)S(C)(=O)=O.